The molecule has 1 aliphatic rings. The lowest BCUT2D eigenvalue weighted by Gasteiger charge is -2.17. The highest BCUT2D eigenvalue weighted by Crippen LogP contribution is 2.47. The van der Waals surface area contributed by atoms with Crippen molar-refractivity contribution < 1.29 is 13.9 Å². The molecule has 0 heterocycles. The maximum Gasteiger partial charge on any atom is 0.309 e. The lowest BCUT2D eigenvalue weighted by molar-refractivity contribution is -0.145. The highest BCUT2D eigenvalue weighted by atomic mass is 32.2. The summed E-state index contributed by atoms with van der Waals surface area (Å²) in [5, 5.41) is 0.262. The van der Waals surface area contributed by atoms with Crippen LogP contribution in [0.3, 0.4) is 0 Å². The van der Waals surface area contributed by atoms with Gasteiger partial charge in [0.2, 0.25) is 0 Å². The van der Waals surface area contributed by atoms with Crippen molar-refractivity contribution in [2.45, 2.75) is 39.4 Å². The molecule has 0 aromatic heterocycles. The van der Waals surface area contributed by atoms with Gasteiger partial charge in [-0.3, -0.25) is 4.79 Å². The maximum absolute atomic E-state index is 13.6. The zero-order chi connectivity index (χ0) is 16.3. The summed E-state index contributed by atoms with van der Waals surface area (Å²) in [6, 6.07) is 5.28. The van der Waals surface area contributed by atoms with Crippen LogP contribution in [0.15, 0.2) is 18.2 Å². The van der Waals surface area contributed by atoms with Gasteiger partial charge in [0.05, 0.1) is 12.5 Å². The number of ether oxygens (including phenoxy) is 1. The largest absolute Gasteiger partial charge is 0.466 e. The Morgan fingerprint density at radius 2 is 2.18 bits per heavy atom. The van der Waals surface area contributed by atoms with Crippen LogP contribution in [0.4, 0.5) is 4.39 Å². The van der Waals surface area contributed by atoms with Gasteiger partial charge in [0.15, 0.2) is 0 Å². The molecule has 1 aromatic rings. The van der Waals surface area contributed by atoms with Gasteiger partial charge >= 0.3 is 5.97 Å². The monoisotopic (exact) mass is 324 g/mol. The lowest BCUT2D eigenvalue weighted by atomic mass is 10.1. The van der Waals surface area contributed by atoms with E-state index in [9.17, 15) is 9.18 Å². The van der Waals surface area contributed by atoms with Gasteiger partial charge in [-0.2, -0.15) is 11.8 Å². The molecule has 122 valence electrons. The SMILES string of the molecule is CCOC(=O)C1CC1C(C)CSC(C)c1cccc(F)c1C. The van der Waals surface area contributed by atoms with E-state index in [4.69, 9.17) is 4.74 Å². The third-order valence-electron chi connectivity index (χ3n) is 4.52. The number of carbonyl (C=O) groups excluding carboxylic acids is 1. The van der Waals surface area contributed by atoms with Crippen molar-refractivity contribution in [2.24, 2.45) is 17.8 Å². The molecular formula is C18H25FO2S. The molecule has 0 saturated heterocycles. The number of esters is 1. The van der Waals surface area contributed by atoms with Crippen LogP contribution in [0.5, 0.6) is 0 Å². The van der Waals surface area contributed by atoms with E-state index in [1.807, 2.05) is 31.7 Å². The molecule has 0 amide bonds. The lowest BCUT2D eigenvalue weighted by Crippen LogP contribution is -2.12. The van der Waals surface area contributed by atoms with Gasteiger partial charge in [0.25, 0.3) is 0 Å². The highest BCUT2D eigenvalue weighted by molar-refractivity contribution is 7.99. The van der Waals surface area contributed by atoms with Crippen LogP contribution in [0.25, 0.3) is 0 Å². The number of rotatable bonds is 7. The molecule has 1 aromatic carbocycles. The molecule has 1 fully saturated rings. The van der Waals surface area contributed by atoms with E-state index < -0.39 is 0 Å². The average molecular weight is 324 g/mol. The molecule has 0 bridgehead atoms. The van der Waals surface area contributed by atoms with Crippen molar-refractivity contribution in [3.8, 4) is 0 Å². The number of hydrogen-bond acceptors (Lipinski definition) is 3. The van der Waals surface area contributed by atoms with Crippen LogP contribution in [0.1, 0.15) is 43.6 Å². The summed E-state index contributed by atoms with van der Waals surface area (Å²) in [5.41, 5.74) is 1.81. The van der Waals surface area contributed by atoms with Crippen molar-refractivity contribution in [1.82, 2.24) is 0 Å². The molecule has 0 spiro atoms. The summed E-state index contributed by atoms with van der Waals surface area (Å²) in [5.74, 6) is 1.84. The van der Waals surface area contributed by atoms with Gasteiger partial charge in [-0.05, 0) is 62.0 Å². The molecule has 4 atom stereocenters. The van der Waals surface area contributed by atoms with E-state index in [2.05, 4.69) is 13.8 Å². The number of halogens is 1. The van der Waals surface area contributed by atoms with Crippen LogP contribution in [0, 0.1) is 30.5 Å². The summed E-state index contributed by atoms with van der Waals surface area (Å²) in [6.07, 6.45) is 0.952. The molecule has 0 radical (unpaired) electrons. The van der Waals surface area contributed by atoms with Crippen molar-refractivity contribution in [2.75, 3.05) is 12.4 Å². The molecule has 1 aliphatic carbocycles. The van der Waals surface area contributed by atoms with Gasteiger partial charge in [-0.1, -0.05) is 19.1 Å². The van der Waals surface area contributed by atoms with Gasteiger partial charge < -0.3 is 4.74 Å². The summed E-state index contributed by atoms with van der Waals surface area (Å²) in [4.78, 5) is 11.7. The van der Waals surface area contributed by atoms with Gasteiger partial charge in [0.1, 0.15) is 5.82 Å². The summed E-state index contributed by atoms with van der Waals surface area (Å²) >= 11 is 1.84. The number of hydrogen-bond donors (Lipinski definition) is 0. The van der Waals surface area contributed by atoms with Gasteiger partial charge in [-0.15, -0.1) is 0 Å². The van der Waals surface area contributed by atoms with Crippen LogP contribution < -0.4 is 0 Å². The highest BCUT2D eigenvalue weighted by Gasteiger charge is 2.46. The predicted octanol–water partition coefficient (Wildman–Crippen LogP) is 4.76. The van der Waals surface area contributed by atoms with Crippen molar-refractivity contribution >= 4 is 17.7 Å². The van der Waals surface area contributed by atoms with Gasteiger partial charge in [-0.25, -0.2) is 4.39 Å². The number of benzene rings is 1. The fourth-order valence-corrected chi connectivity index (χ4v) is 4.21. The first-order chi connectivity index (χ1) is 10.5. The quantitative estimate of drug-likeness (QED) is 0.676. The fraction of sp³-hybridized carbons (Fsp3) is 0.611. The second-order valence-corrected chi connectivity index (χ2v) is 7.54. The Morgan fingerprint density at radius 1 is 1.45 bits per heavy atom. The zero-order valence-electron chi connectivity index (χ0n) is 13.8. The van der Waals surface area contributed by atoms with E-state index in [0.717, 1.165) is 23.3 Å². The predicted molar refractivity (Wildman–Crippen MR) is 89.4 cm³/mol. The van der Waals surface area contributed by atoms with Crippen LogP contribution in [0.2, 0.25) is 0 Å². The van der Waals surface area contributed by atoms with Crippen molar-refractivity contribution in [3.63, 3.8) is 0 Å². The Balaban J connectivity index is 1.83. The molecule has 1 saturated carbocycles. The molecule has 4 unspecified atom stereocenters. The second-order valence-electron chi connectivity index (χ2n) is 6.17. The Kier molecular flexibility index (Phi) is 5.90. The van der Waals surface area contributed by atoms with Crippen LogP contribution >= 0.6 is 11.8 Å². The summed E-state index contributed by atoms with van der Waals surface area (Å²) in [6.45, 7) is 8.46. The van der Waals surface area contributed by atoms with E-state index in [1.54, 1.807) is 6.07 Å². The second kappa shape index (κ2) is 7.49. The first kappa shape index (κ1) is 17.3. The van der Waals surface area contributed by atoms with Crippen molar-refractivity contribution in [3.05, 3.63) is 35.1 Å². The Morgan fingerprint density at radius 3 is 2.86 bits per heavy atom. The third kappa shape index (κ3) is 4.03. The van der Waals surface area contributed by atoms with E-state index >= 15 is 0 Å². The summed E-state index contributed by atoms with van der Waals surface area (Å²) < 4.78 is 18.7. The Bertz CT molecular complexity index is 532. The zero-order valence-corrected chi connectivity index (χ0v) is 14.6. The van der Waals surface area contributed by atoms with E-state index in [-0.39, 0.29) is 23.0 Å². The molecule has 4 heteroatoms. The minimum atomic E-state index is -0.137. The third-order valence-corrected chi connectivity index (χ3v) is 5.99. The first-order valence-corrected chi connectivity index (χ1v) is 9.03. The van der Waals surface area contributed by atoms with Crippen molar-refractivity contribution in [1.29, 1.82) is 0 Å². The normalized spacial score (nSPS) is 23.0. The minimum absolute atomic E-state index is 0.0432. The van der Waals surface area contributed by atoms with Crippen LogP contribution in [-0.4, -0.2) is 18.3 Å². The molecule has 0 N–H and O–H groups in total. The summed E-state index contributed by atoms with van der Waals surface area (Å²) in [7, 11) is 0. The molecule has 22 heavy (non-hydrogen) atoms. The Hall–Kier alpha value is -1.03. The number of carbonyl (C=O) groups is 1. The molecule has 0 aliphatic heterocycles. The topological polar surface area (TPSA) is 26.3 Å². The smallest absolute Gasteiger partial charge is 0.309 e. The van der Waals surface area contributed by atoms with E-state index in [0.29, 0.717) is 18.4 Å². The first-order valence-electron chi connectivity index (χ1n) is 7.98. The molecule has 2 nitrogen and oxygen atoms in total. The van der Waals surface area contributed by atoms with Crippen LogP contribution in [-0.2, 0) is 9.53 Å². The average Bonchev–Trinajstić information content (AvgIpc) is 3.28. The standard InChI is InChI=1S/C18H25FO2S/c1-5-21-18(20)16-9-15(16)11(2)10-22-13(4)14-7-6-8-17(19)12(14)3/h6-8,11,13,15-16H,5,9-10H2,1-4H3. The Labute approximate surface area is 136 Å². The minimum Gasteiger partial charge on any atom is -0.466 e. The fourth-order valence-electron chi connectivity index (χ4n) is 2.94. The molecule has 2 rings (SSSR count). The van der Waals surface area contributed by atoms with Gasteiger partial charge in [0, 0.05) is 5.25 Å². The van der Waals surface area contributed by atoms with E-state index in [1.165, 1.54) is 6.07 Å². The molecular weight excluding hydrogens is 299 g/mol. The number of thioether (sulfide) groups is 1. The maximum atomic E-state index is 13.6.